The molecule has 0 aromatic heterocycles. The van der Waals surface area contributed by atoms with Gasteiger partial charge in [0.05, 0.1) is 0 Å². The Hall–Kier alpha value is 0.249. The van der Waals surface area contributed by atoms with E-state index in [4.69, 9.17) is 14.3 Å². The van der Waals surface area contributed by atoms with E-state index in [0.29, 0.717) is 4.31 Å². The first-order valence-electron chi connectivity index (χ1n) is 8.40. The monoisotopic (exact) mass is 503 g/mol. The molecular weight excluding hydrogens is 488 g/mol. The molecule has 1 spiro atoms. The summed E-state index contributed by atoms with van der Waals surface area (Å²) in [7, 11) is -4.58. The molecule has 0 amide bonds. The summed E-state index contributed by atoms with van der Waals surface area (Å²) in [5, 5.41) is 4.28. The number of halogens is 1. The van der Waals surface area contributed by atoms with Crippen LogP contribution in [0.1, 0.15) is 6.92 Å². The first kappa shape index (κ1) is 11.9. The third-order valence-electron chi connectivity index (χ3n) is 16.2. The van der Waals surface area contributed by atoms with Gasteiger partial charge in [0, 0.05) is 0 Å². The number of rotatable bonds is 5. The molecule has 10 aliphatic heterocycles. The number of hydrogen-bond donors (Lipinski definition) is 2. The zero-order chi connectivity index (χ0) is 16.4. The molecule has 5 atom stereocenters. The van der Waals surface area contributed by atoms with Crippen molar-refractivity contribution in [3.63, 3.8) is 0 Å². The van der Waals surface area contributed by atoms with E-state index in [1.54, 1.807) is 6.92 Å². The van der Waals surface area contributed by atoms with Gasteiger partial charge in [-0.2, -0.15) is 0 Å². The van der Waals surface area contributed by atoms with Crippen LogP contribution >= 0.6 is 30.4 Å². The number of nitrogens with zero attached hydrogens (tertiary/aromatic N) is 3. The minimum atomic E-state index is -4.58. The Bertz CT molecular complexity index is 1290. The van der Waals surface area contributed by atoms with Crippen molar-refractivity contribution in [2.45, 2.75) is 60.6 Å². The van der Waals surface area contributed by atoms with Crippen LogP contribution in [-0.4, -0.2) is 15.8 Å². The zero-order valence-corrected chi connectivity index (χ0v) is 16.7. The summed E-state index contributed by atoms with van der Waals surface area (Å²) >= 11 is 2.14. The molecule has 10 heteroatoms. The average Bonchev–Trinajstić information content (AvgIpc) is 3.43. The van der Waals surface area contributed by atoms with Crippen LogP contribution in [0.5, 0.6) is 0 Å². The molecule has 10 rings (SSSR count). The van der Waals surface area contributed by atoms with Gasteiger partial charge in [0.1, 0.15) is 0 Å². The van der Waals surface area contributed by atoms with Gasteiger partial charge < -0.3 is 0 Å². The number of azide groups is 1. The van der Waals surface area contributed by atoms with Gasteiger partial charge in [0.25, 0.3) is 0 Å². The first-order valence-corrected chi connectivity index (χ1v) is 17.3. The van der Waals surface area contributed by atoms with Crippen LogP contribution in [0.2, 0.25) is 47.7 Å². The maximum absolute atomic E-state index is 11.2. The Labute approximate surface area is 140 Å². The number of fused-ring (bicyclic) bond motifs is 10. The molecule has 10 fully saturated rings. The standard InChI is InChI=1S/C9H10IN3O4P.C5H5.Fe/c1-6(17-18(14,15)16)8(10)9(12-13-11)7-4-2-3-5-7;1-2-4-5-3-1;/h2-5,9H,1H3,(H2,14,15,16);1-5H;. The van der Waals surface area contributed by atoms with Crippen LogP contribution < -0.4 is 0 Å². The Morgan fingerprint density at radius 1 is 1.25 bits per heavy atom. The van der Waals surface area contributed by atoms with E-state index < -0.39 is 14.3 Å². The van der Waals surface area contributed by atoms with Crippen LogP contribution in [0.25, 0.3) is 10.4 Å². The molecule has 10 aliphatic rings. The fourth-order valence-corrected chi connectivity index (χ4v) is 94.3. The van der Waals surface area contributed by atoms with Crippen molar-refractivity contribution >= 4 is 30.4 Å². The number of phosphoric acid groups is 1. The van der Waals surface area contributed by atoms with Gasteiger partial charge in [-0.15, -0.1) is 0 Å². The molecule has 0 aromatic carbocycles. The predicted octanol–water partition coefficient (Wildman–Crippen LogP) is 5.20. The fourth-order valence-electron chi connectivity index (χ4n) is 17.9. The molecule has 0 radical (unpaired) electrons. The van der Waals surface area contributed by atoms with Gasteiger partial charge in [0.15, 0.2) is 0 Å². The summed E-state index contributed by atoms with van der Waals surface area (Å²) in [4.78, 5) is 31.2. The normalized spacial score (nSPS) is 90.6. The van der Waals surface area contributed by atoms with Crippen molar-refractivity contribution in [2.24, 2.45) is 5.11 Å². The summed E-state index contributed by atoms with van der Waals surface area (Å²) in [6.07, 6.45) is 0. The summed E-state index contributed by atoms with van der Waals surface area (Å²) in [5.41, 5.74) is 9.25. The van der Waals surface area contributed by atoms with Crippen molar-refractivity contribution < 1.29 is 25.4 Å². The predicted molar refractivity (Wildman–Crippen MR) is 89.2 cm³/mol. The van der Waals surface area contributed by atoms with Gasteiger partial charge in [0.2, 0.25) is 0 Å². The van der Waals surface area contributed by atoms with Gasteiger partial charge >= 0.3 is 141 Å². The van der Waals surface area contributed by atoms with Gasteiger partial charge in [-0.05, 0) is 0 Å². The van der Waals surface area contributed by atoms with E-state index in [0.717, 1.165) is 46.9 Å². The van der Waals surface area contributed by atoms with Crippen molar-refractivity contribution in [3.8, 4) is 0 Å². The summed E-state index contributed by atoms with van der Waals surface area (Å²) in [6, 6.07) is -0.205. The molecule has 2 N–H and O–H groups in total. The first-order chi connectivity index (χ1) is 11.0. The molecule has 0 bridgehead atoms. The quantitative estimate of drug-likeness (QED) is 0.102. The van der Waals surface area contributed by atoms with Crippen molar-refractivity contribution in [1.82, 2.24) is 0 Å². The van der Waals surface area contributed by atoms with E-state index in [1.165, 1.54) is 0 Å². The van der Waals surface area contributed by atoms with Crippen LogP contribution in [0.4, 0.5) is 0 Å². The van der Waals surface area contributed by atoms with Crippen molar-refractivity contribution in [3.05, 3.63) is 19.8 Å². The number of phosphoric ester groups is 1. The van der Waals surface area contributed by atoms with Gasteiger partial charge in [-0.1, -0.05) is 0 Å². The molecule has 0 saturated carbocycles. The summed E-state index contributed by atoms with van der Waals surface area (Å²) in [5.74, 6) is 0.247. The molecule has 10 heterocycles. The molecule has 7 nitrogen and oxygen atoms in total. The molecule has 0 aromatic rings. The Morgan fingerprint density at radius 2 is 1.75 bits per heavy atom. The van der Waals surface area contributed by atoms with Crippen LogP contribution in [0, 0.1) is 0 Å². The molecule has 5 unspecified atom stereocenters. The van der Waals surface area contributed by atoms with E-state index in [-0.39, 0.29) is 11.8 Å². The zero-order valence-electron chi connectivity index (χ0n) is 12.5. The topological polar surface area (TPSA) is 116 Å². The molecule has 130 valence electrons. The SMILES string of the molecule is CC(OP(=O)(O)O)=C(I)C(N=[N+]=[N-])[C]12[CH]3[CH]4[CH]5[CH]1[Fe]45321678[CH]2[CH]1[CH]6[CH]7[CH]28. The second kappa shape index (κ2) is 1.24. The Balaban J connectivity index is 1.28. The molecular formula is C14H15FeIN3O4P. The second-order valence-corrected chi connectivity index (χ2v) is 37.8. The van der Waals surface area contributed by atoms with Crippen molar-refractivity contribution in [1.29, 1.82) is 0 Å². The van der Waals surface area contributed by atoms with Crippen LogP contribution in [0.15, 0.2) is 14.5 Å². The van der Waals surface area contributed by atoms with E-state index >= 15 is 0 Å². The Kier molecular flexibility index (Phi) is 0.614. The molecule has 24 heavy (non-hydrogen) atoms. The van der Waals surface area contributed by atoms with Gasteiger partial charge in [-0.25, -0.2) is 0 Å². The maximum atomic E-state index is 11.2. The Morgan fingerprint density at radius 3 is 2.04 bits per heavy atom. The third kappa shape index (κ3) is 0.182. The summed E-state index contributed by atoms with van der Waals surface area (Å²) in [6.45, 7) is -1.85. The van der Waals surface area contributed by atoms with E-state index in [1.807, 2.05) is 0 Å². The average molecular weight is 503 g/mol. The molecule has 10 saturated heterocycles. The van der Waals surface area contributed by atoms with Crippen molar-refractivity contribution in [2.75, 3.05) is 0 Å². The van der Waals surface area contributed by atoms with E-state index in [9.17, 15) is 10.1 Å². The number of allylic oxidation sites excluding steroid dienone is 1. The second-order valence-electron chi connectivity index (χ2n) is 11.8. The minimum absolute atomic E-state index is 0.205. The van der Waals surface area contributed by atoms with Crippen LogP contribution in [0.3, 0.4) is 0 Å². The fraction of sp³-hybridized carbons (Fsp3) is 0.857. The third-order valence-corrected chi connectivity index (χ3v) is 60.7. The summed E-state index contributed by atoms with van der Waals surface area (Å²) < 4.78 is 17.2. The molecule has 0 aliphatic carbocycles. The van der Waals surface area contributed by atoms with Gasteiger partial charge in [-0.3, -0.25) is 0 Å². The van der Waals surface area contributed by atoms with E-state index in [2.05, 4.69) is 32.6 Å². The van der Waals surface area contributed by atoms with Crippen LogP contribution in [-0.2, 0) is 15.6 Å². The number of hydrogen-bond acceptors (Lipinski definition) is 3.